The number of sulfonamides is 1. The molecule has 0 saturated heterocycles. The molecule has 132 valence electrons. The summed E-state index contributed by atoms with van der Waals surface area (Å²) in [5.41, 5.74) is 1.42. The minimum Gasteiger partial charge on any atom is -0.352 e. The molecule has 0 heterocycles. The molecule has 0 bridgehead atoms. The van der Waals surface area contributed by atoms with Gasteiger partial charge in [0.15, 0.2) is 5.78 Å². The summed E-state index contributed by atoms with van der Waals surface area (Å²) in [6.07, 6.45) is 0.0393. The first-order valence-corrected chi connectivity index (χ1v) is 9.28. The third kappa shape index (κ3) is 5.81. The molecule has 0 aliphatic rings. The molecule has 0 radical (unpaired) electrons. The van der Waals surface area contributed by atoms with Crippen LogP contribution in [0.5, 0.6) is 0 Å². The van der Waals surface area contributed by atoms with E-state index in [1.54, 1.807) is 0 Å². The van der Waals surface area contributed by atoms with Crippen molar-refractivity contribution >= 4 is 21.7 Å². The third-order valence-electron chi connectivity index (χ3n) is 3.55. The van der Waals surface area contributed by atoms with Gasteiger partial charge in [0.25, 0.3) is 0 Å². The van der Waals surface area contributed by atoms with Gasteiger partial charge in [-0.1, -0.05) is 42.5 Å². The van der Waals surface area contributed by atoms with Crippen molar-refractivity contribution in [2.24, 2.45) is 0 Å². The lowest BCUT2D eigenvalue weighted by atomic mass is 10.2. The highest BCUT2D eigenvalue weighted by Crippen LogP contribution is 2.11. The maximum absolute atomic E-state index is 12.1. The SMILES string of the molecule is CC(=O)c1ccc(S(=O)(=O)NCCC(=O)NCc2ccccc2)cc1. The quantitative estimate of drug-likeness (QED) is 0.703. The van der Waals surface area contributed by atoms with E-state index < -0.39 is 10.0 Å². The highest BCUT2D eigenvalue weighted by molar-refractivity contribution is 7.89. The fourth-order valence-electron chi connectivity index (χ4n) is 2.14. The summed E-state index contributed by atoms with van der Waals surface area (Å²) in [4.78, 5) is 23.0. The van der Waals surface area contributed by atoms with Gasteiger partial charge in [0.05, 0.1) is 4.90 Å². The number of rotatable bonds is 8. The number of Topliss-reactive ketones (excluding diaryl/α,β-unsaturated/α-hetero) is 1. The summed E-state index contributed by atoms with van der Waals surface area (Å²) < 4.78 is 26.7. The molecule has 2 aromatic carbocycles. The Labute approximate surface area is 147 Å². The van der Waals surface area contributed by atoms with Crippen LogP contribution in [0.15, 0.2) is 59.5 Å². The predicted molar refractivity (Wildman–Crippen MR) is 94.5 cm³/mol. The predicted octanol–water partition coefficient (Wildman–Crippen LogP) is 1.87. The van der Waals surface area contributed by atoms with E-state index in [1.165, 1.54) is 31.2 Å². The van der Waals surface area contributed by atoms with Crippen LogP contribution in [0.1, 0.15) is 29.3 Å². The zero-order chi connectivity index (χ0) is 18.3. The number of benzene rings is 2. The lowest BCUT2D eigenvalue weighted by molar-refractivity contribution is -0.121. The van der Waals surface area contributed by atoms with Crippen LogP contribution in [0.3, 0.4) is 0 Å². The number of hydrogen-bond acceptors (Lipinski definition) is 4. The van der Waals surface area contributed by atoms with Crippen LogP contribution in [0.2, 0.25) is 0 Å². The molecule has 7 heteroatoms. The topological polar surface area (TPSA) is 92.3 Å². The molecule has 0 atom stereocenters. The van der Waals surface area contributed by atoms with E-state index in [0.717, 1.165) is 5.56 Å². The van der Waals surface area contributed by atoms with Gasteiger partial charge in [0.1, 0.15) is 0 Å². The summed E-state index contributed by atoms with van der Waals surface area (Å²) in [6.45, 7) is 1.81. The highest BCUT2D eigenvalue weighted by atomic mass is 32.2. The first-order chi connectivity index (χ1) is 11.9. The van der Waals surface area contributed by atoms with Gasteiger partial charge in [0.2, 0.25) is 15.9 Å². The summed E-state index contributed by atoms with van der Waals surface area (Å²) in [6, 6.07) is 15.1. The molecule has 0 spiro atoms. The van der Waals surface area contributed by atoms with Crippen LogP contribution in [-0.4, -0.2) is 26.7 Å². The molecule has 0 aromatic heterocycles. The molecule has 0 fully saturated rings. The van der Waals surface area contributed by atoms with Crippen molar-refractivity contribution < 1.29 is 18.0 Å². The second-order valence-corrected chi connectivity index (χ2v) is 7.26. The third-order valence-corrected chi connectivity index (χ3v) is 5.02. The minimum absolute atomic E-state index is 0.00256. The van der Waals surface area contributed by atoms with Crippen molar-refractivity contribution in [3.05, 3.63) is 65.7 Å². The standard InChI is InChI=1S/C18H20N2O4S/c1-14(21)16-7-9-17(10-8-16)25(23,24)20-12-11-18(22)19-13-15-5-3-2-4-6-15/h2-10,20H,11-13H2,1H3,(H,19,22). The van der Waals surface area contributed by atoms with Crippen molar-refractivity contribution in [2.45, 2.75) is 24.8 Å². The number of amides is 1. The Balaban J connectivity index is 1.81. The van der Waals surface area contributed by atoms with Crippen molar-refractivity contribution in [1.29, 1.82) is 0 Å². The van der Waals surface area contributed by atoms with E-state index in [1.807, 2.05) is 30.3 Å². The monoisotopic (exact) mass is 360 g/mol. The van der Waals surface area contributed by atoms with Crippen LogP contribution >= 0.6 is 0 Å². The molecular weight excluding hydrogens is 340 g/mol. The second-order valence-electron chi connectivity index (χ2n) is 5.49. The lowest BCUT2D eigenvalue weighted by Gasteiger charge is -2.08. The number of nitrogens with one attached hydrogen (secondary N) is 2. The molecule has 1 amide bonds. The number of hydrogen-bond donors (Lipinski definition) is 2. The van der Waals surface area contributed by atoms with Crippen LogP contribution < -0.4 is 10.0 Å². The van der Waals surface area contributed by atoms with Gasteiger partial charge in [-0.05, 0) is 24.6 Å². The molecule has 6 nitrogen and oxygen atoms in total. The molecule has 25 heavy (non-hydrogen) atoms. The van der Waals surface area contributed by atoms with Gasteiger partial charge in [0, 0.05) is 25.1 Å². The van der Waals surface area contributed by atoms with E-state index in [4.69, 9.17) is 0 Å². The number of carbonyl (C=O) groups excluding carboxylic acids is 2. The van der Waals surface area contributed by atoms with Crippen molar-refractivity contribution in [3.8, 4) is 0 Å². The first kappa shape index (κ1) is 18.8. The zero-order valence-electron chi connectivity index (χ0n) is 13.9. The van der Waals surface area contributed by atoms with Crippen LogP contribution in [0.25, 0.3) is 0 Å². The van der Waals surface area contributed by atoms with E-state index in [2.05, 4.69) is 10.0 Å². The van der Waals surface area contributed by atoms with E-state index >= 15 is 0 Å². The lowest BCUT2D eigenvalue weighted by Crippen LogP contribution is -2.30. The fourth-order valence-corrected chi connectivity index (χ4v) is 3.17. The van der Waals surface area contributed by atoms with E-state index in [0.29, 0.717) is 12.1 Å². The average Bonchev–Trinajstić information content (AvgIpc) is 2.61. The molecule has 0 aliphatic carbocycles. The Hall–Kier alpha value is -2.51. The van der Waals surface area contributed by atoms with E-state index in [9.17, 15) is 18.0 Å². The average molecular weight is 360 g/mol. The summed E-state index contributed by atoms with van der Waals surface area (Å²) in [5, 5.41) is 2.73. The van der Waals surface area contributed by atoms with Crippen LogP contribution in [0, 0.1) is 0 Å². The second kappa shape index (κ2) is 8.55. The van der Waals surface area contributed by atoms with Gasteiger partial charge in [-0.25, -0.2) is 13.1 Å². The van der Waals surface area contributed by atoms with Gasteiger partial charge in [-0.15, -0.1) is 0 Å². The Morgan fingerprint density at radius 1 is 0.960 bits per heavy atom. The van der Waals surface area contributed by atoms with Gasteiger partial charge < -0.3 is 5.32 Å². The smallest absolute Gasteiger partial charge is 0.240 e. The number of carbonyl (C=O) groups is 2. The van der Waals surface area contributed by atoms with Gasteiger partial charge >= 0.3 is 0 Å². The molecule has 2 rings (SSSR count). The molecule has 2 N–H and O–H groups in total. The van der Waals surface area contributed by atoms with Gasteiger partial charge in [-0.2, -0.15) is 0 Å². The number of ketones is 1. The van der Waals surface area contributed by atoms with Gasteiger partial charge in [-0.3, -0.25) is 9.59 Å². The minimum atomic E-state index is -3.71. The van der Waals surface area contributed by atoms with Crippen molar-refractivity contribution in [3.63, 3.8) is 0 Å². The molecule has 2 aromatic rings. The molecule has 0 saturated carbocycles. The molecular formula is C18H20N2O4S. The Bertz CT molecular complexity index is 831. The maximum atomic E-state index is 12.1. The van der Waals surface area contributed by atoms with Crippen molar-refractivity contribution in [1.82, 2.24) is 10.0 Å². The largest absolute Gasteiger partial charge is 0.352 e. The molecule has 0 unspecified atom stereocenters. The Kier molecular flexibility index (Phi) is 6.44. The van der Waals surface area contributed by atoms with Crippen molar-refractivity contribution in [2.75, 3.05) is 6.54 Å². The Morgan fingerprint density at radius 2 is 1.60 bits per heavy atom. The summed E-state index contributed by atoms with van der Waals surface area (Å²) >= 11 is 0. The summed E-state index contributed by atoms with van der Waals surface area (Å²) in [7, 11) is -3.71. The molecule has 0 aliphatic heterocycles. The normalized spacial score (nSPS) is 11.1. The Morgan fingerprint density at radius 3 is 2.20 bits per heavy atom. The van der Waals surface area contributed by atoms with Crippen LogP contribution in [0.4, 0.5) is 0 Å². The highest BCUT2D eigenvalue weighted by Gasteiger charge is 2.14. The zero-order valence-corrected chi connectivity index (χ0v) is 14.7. The van der Waals surface area contributed by atoms with E-state index in [-0.39, 0.29) is 29.6 Å². The van der Waals surface area contributed by atoms with Crippen LogP contribution in [-0.2, 0) is 21.4 Å². The maximum Gasteiger partial charge on any atom is 0.240 e. The fraction of sp³-hybridized carbons (Fsp3) is 0.222. The first-order valence-electron chi connectivity index (χ1n) is 7.80. The summed E-state index contributed by atoms with van der Waals surface area (Å²) in [5.74, 6) is -0.370.